The lowest BCUT2D eigenvalue weighted by Crippen LogP contribution is -2.31. The van der Waals surface area contributed by atoms with Crippen LogP contribution in [0.2, 0.25) is 0 Å². The number of nitrogens with one attached hydrogen (secondary N) is 1. The van der Waals surface area contributed by atoms with Crippen LogP contribution < -0.4 is 5.32 Å². The molecule has 0 aliphatic heterocycles. The number of carbonyl (C=O) groups is 1. The summed E-state index contributed by atoms with van der Waals surface area (Å²) in [4.78, 5) is 13.8. The van der Waals surface area contributed by atoms with Crippen molar-refractivity contribution in [3.8, 4) is 0 Å². The van der Waals surface area contributed by atoms with Crippen molar-refractivity contribution in [2.45, 2.75) is 25.3 Å². The summed E-state index contributed by atoms with van der Waals surface area (Å²) < 4.78 is 1.86. The van der Waals surface area contributed by atoms with Crippen LogP contribution in [0.3, 0.4) is 0 Å². The Hall–Kier alpha value is -2.55. The Morgan fingerprint density at radius 2 is 2.22 bits per heavy atom. The molecular formula is C14H15N7OS. The van der Waals surface area contributed by atoms with Gasteiger partial charge in [0.2, 0.25) is 5.13 Å². The lowest BCUT2D eigenvalue weighted by molar-refractivity contribution is 0.219. The standard InChI is InChI=1S/C14H15N7OS/c1-20(8-11-17-16-10-4-2-3-7-21(10)11)14(22)15-13-19-18-12(23-13)9-5-6-9/h2-4,7,9H,5-6,8H2,1H3,(H,15,19,22). The van der Waals surface area contributed by atoms with Crippen LogP contribution in [0.4, 0.5) is 9.93 Å². The number of fused-ring (bicyclic) bond motifs is 1. The maximum Gasteiger partial charge on any atom is 0.323 e. The summed E-state index contributed by atoms with van der Waals surface area (Å²) in [5, 5.41) is 20.7. The highest BCUT2D eigenvalue weighted by atomic mass is 32.1. The molecule has 3 aromatic rings. The van der Waals surface area contributed by atoms with E-state index in [0.717, 1.165) is 10.7 Å². The second-order valence-electron chi connectivity index (χ2n) is 5.55. The summed E-state index contributed by atoms with van der Waals surface area (Å²) in [6.07, 6.45) is 4.22. The maximum absolute atomic E-state index is 12.3. The molecule has 0 spiro atoms. The van der Waals surface area contributed by atoms with Gasteiger partial charge in [-0.15, -0.1) is 20.4 Å². The fourth-order valence-corrected chi connectivity index (χ4v) is 3.15. The number of hydrogen-bond acceptors (Lipinski definition) is 6. The highest BCUT2D eigenvalue weighted by Crippen LogP contribution is 2.42. The summed E-state index contributed by atoms with van der Waals surface area (Å²) >= 11 is 1.45. The molecule has 1 fully saturated rings. The van der Waals surface area contributed by atoms with Crippen LogP contribution >= 0.6 is 11.3 Å². The van der Waals surface area contributed by atoms with E-state index in [1.165, 1.54) is 24.2 Å². The number of nitrogens with zero attached hydrogens (tertiary/aromatic N) is 6. The van der Waals surface area contributed by atoms with Gasteiger partial charge in [0, 0.05) is 19.2 Å². The van der Waals surface area contributed by atoms with E-state index in [0.29, 0.717) is 23.4 Å². The van der Waals surface area contributed by atoms with Crippen LogP contribution in [-0.4, -0.2) is 42.8 Å². The Morgan fingerprint density at radius 3 is 3.04 bits per heavy atom. The molecule has 0 radical (unpaired) electrons. The van der Waals surface area contributed by atoms with E-state index in [1.54, 1.807) is 11.9 Å². The number of amides is 2. The van der Waals surface area contributed by atoms with Crippen molar-refractivity contribution in [1.29, 1.82) is 0 Å². The molecule has 2 amide bonds. The van der Waals surface area contributed by atoms with Gasteiger partial charge in [-0.1, -0.05) is 17.4 Å². The summed E-state index contributed by atoms with van der Waals surface area (Å²) in [6, 6.07) is 5.44. The molecule has 9 heteroatoms. The van der Waals surface area contributed by atoms with Gasteiger partial charge in [0.1, 0.15) is 5.01 Å². The summed E-state index contributed by atoms with van der Waals surface area (Å²) in [6.45, 7) is 0.352. The third kappa shape index (κ3) is 2.87. The van der Waals surface area contributed by atoms with Crippen LogP contribution in [0.15, 0.2) is 24.4 Å². The predicted molar refractivity (Wildman–Crippen MR) is 85.4 cm³/mol. The van der Waals surface area contributed by atoms with E-state index in [4.69, 9.17) is 0 Å². The fraction of sp³-hybridized carbons (Fsp3) is 0.357. The molecule has 0 aromatic carbocycles. The molecular weight excluding hydrogens is 314 g/mol. The average molecular weight is 329 g/mol. The Balaban J connectivity index is 1.43. The van der Waals surface area contributed by atoms with Crippen molar-refractivity contribution in [1.82, 2.24) is 29.7 Å². The minimum absolute atomic E-state index is 0.240. The summed E-state index contributed by atoms with van der Waals surface area (Å²) in [5.41, 5.74) is 0.759. The van der Waals surface area contributed by atoms with E-state index >= 15 is 0 Å². The van der Waals surface area contributed by atoms with Crippen LogP contribution in [-0.2, 0) is 6.54 Å². The number of carbonyl (C=O) groups excluding carboxylic acids is 1. The first-order chi connectivity index (χ1) is 11.2. The predicted octanol–water partition coefficient (Wildman–Crippen LogP) is 2.12. The lowest BCUT2D eigenvalue weighted by atomic mass is 10.4. The highest BCUT2D eigenvalue weighted by Gasteiger charge is 2.28. The molecule has 0 atom stereocenters. The highest BCUT2D eigenvalue weighted by molar-refractivity contribution is 7.15. The largest absolute Gasteiger partial charge is 0.323 e. The monoisotopic (exact) mass is 329 g/mol. The Morgan fingerprint density at radius 1 is 1.35 bits per heavy atom. The molecule has 3 aromatic heterocycles. The van der Waals surface area contributed by atoms with Crippen molar-refractivity contribution in [3.05, 3.63) is 35.2 Å². The molecule has 1 aliphatic rings. The summed E-state index contributed by atoms with van der Waals surface area (Å²) in [7, 11) is 1.71. The van der Waals surface area contributed by atoms with Crippen LogP contribution in [0, 0.1) is 0 Å². The van der Waals surface area contributed by atoms with E-state index < -0.39 is 0 Å². The molecule has 1 aliphatic carbocycles. The molecule has 118 valence electrons. The maximum atomic E-state index is 12.3. The number of aromatic nitrogens is 5. The van der Waals surface area contributed by atoms with Crippen molar-refractivity contribution < 1.29 is 4.79 Å². The first-order valence-electron chi connectivity index (χ1n) is 7.35. The van der Waals surface area contributed by atoms with Gasteiger partial charge in [0.05, 0.1) is 6.54 Å². The number of rotatable bonds is 4. The van der Waals surface area contributed by atoms with Gasteiger partial charge < -0.3 is 4.90 Å². The van der Waals surface area contributed by atoms with Gasteiger partial charge in [-0.2, -0.15) is 0 Å². The zero-order valence-electron chi connectivity index (χ0n) is 12.5. The van der Waals surface area contributed by atoms with E-state index in [-0.39, 0.29) is 6.03 Å². The van der Waals surface area contributed by atoms with Gasteiger partial charge in [-0.05, 0) is 25.0 Å². The molecule has 4 rings (SSSR count). The molecule has 8 nitrogen and oxygen atoms in total. The number of hydrogen-bond donors (Lipinski definition) is 1. The molecule has 1 N–H and O–H groups in total. The van der Waals surface area contributed by atoms with Crippen LogP contribution in [0.1, 0.15) is 29.6 Å². The van der Waals surface area contributed by atoms with E-state index in [9.17, 15) is 4.79 Å². The number of anilines is 1. The lowest BCUT2D eigenvalue weighted by Gasteiger charge is -2.15. The van der Waals surface area contributed by atoms with Gasteiger partial charge in [-0.3, -0.25) is 9.72 Å². The molecule has 1 saturated carbocycles. The Labute approximate surface area is 136 Å². The minimum atomic E-state index is -0.240. The average Bonchev–Trinajstić information content (AvgIpc) is 3.18. The number of pyridine rings is 1. The van der Waals surface area contributed by atoms with E-state index in [2.05, 4.69) is 25.7 Å². The van der Waals surface area contributed by atoms with Crippen LogP contribution in [0.5, 0.6) is 0 Å². The van der Waals surface area contributed by atoms with Crippen molar-refractivity contribution in [2.24, 2.45) is 0 Å². The first-order valence-corrected chi connectivity index (χ1v) is 8.16. The first kappa shape index (κ1) is 14.1. The number of urea groups is 1. The minimum Gasteiger partial charge on any atom is -0.320 e. The molecule has 0 saturated heterocycles. The molecule has 3 heterocycles. The molecule has 23 heavy (non-hydrogen) atoms. The Kier molecular flexibility index (Phi) is 3.41. The smallest absolute Gasteiger partial charge is 0.320 e. The van der Waals surface area contributed by atoms with E-state index in [1.807, 2.05) is 28.8 Å². The zero-order valence-corrected chi connectivity index (χ0v) is 13.3. The second kappa shape index (κ2) is 5.58. The van der Waals surface area contributed by atoms with Gasteiger partial charge in [0.25, 0.3) is 0 Å². The quantitative estimate of drug-likeness (QED) is 0.792. The topological polar surface area (TPSA) is 88.3 Å². The van der Waals surface area contributed by atoms with Crippen molar-refractivity contribution in [2.75, 3.05) is 12.4 Å². The summed E-state index contributed by atoms with van der Waals surface area (Å²) in [5.74, 6) is 1.24. The molecule has 0 unspecified atom stereocenters. The fourth-order valence-electron chi connectivity index (χ4n) is 2.25. The molecule has 0 bridgehead atoms. The third-order valence-corrected chi connectivity index (χ3v) is 4.69. The Bertz CT molecular complexity index is 854. The normalized spacial score (nSPS) is 14.1. The zero-order chi connectivity index (χ0) is 15.8. The van der Waals surface area contributed by atoms with Crippen molar-refractivity contribution in [3.63, 3.8) is 0 Å². The van der Waals surface area contributed by atoms with Crippen LogP contribution in [0.25, 0.3) is 5.65 Å². The SMILES string of the molecule is CN(Cc1nnc2ccccn12)C(=O)Nc1nnc(C2CC2)s1. The van der Waals surface area contributed by atoms with Gasteiger partial charge in [0.15, 0.2) is 11.5 Å². The second-order valence-corrected chi connectivity index (χ2v) is 6.56. The van der Waals surface area contributed by atoms with Gasteiger partial charge >= 0.3 is 6.03 Å². The van der Waals surface area contributed by atoms with Crippen molar-refractivity contribution >= 4 is 28.1 Å². The third-order valence-electron chi connectivity index (χ3n) is 3.69. The van der Waals surface area contributed by atoms with Gasteiger partial charge in [-0.25, -0.2) is 4.79 Å².